The number of hydrogen-bond acceptors (Lipinski definition) is 4. The van der Waals surface area contributed by atoms with E-state index < -0.39 is 0 Å². The van der Waals surface area contributed by atoms with Gasteiger partial charge in [-0.15, -0.1) is 0 Å². The van der Waals surface area contributed by atoms with Crippen LogP contribution in [0, 0.1) is 25.2 Å². The predicted molar refractivity (Wildman–Crippen MR) is 88.4 cm³/mol. The van der Waals surface area contributed by atoms with E-state index in [0.29, 0.717) is 12.5 Å². The lowest BCUT2D eigenvalue weighted by Crippen LogP contribution is -2.40. The second kappa shape index (κ2) is 6.54. The Balaban J connectivity index is 1.92. The summed E-state index contributed by atoms with van der Waals surface area (Å²) in [4.78, 5) is 24.9. The van der Waals surface area contributed by atoms with E-state index in [1.165, 1.54) is 11.3 Å². The average Bonchev–Trinajstić information content (AvgIpc) is 2.97. The zero-order chi connectivity index (χ0) is 16.5. The van der Waals surface area contributed by atoms with Crippen LogP contribution in [-0.2, 0) is 16.1 Å². The largest absolute Gasteiger partial charge is 0.377 e. The smallest absolute Gasteiger partial charge is 0.308 e. The minimum absolute atomic E-state index is 0.0677. The molecule has 22 heavy (non-hydrogen) atoms. The molecule has 2 rings (SSSR count). The fraction of sp³-hybridized carbons (Fsp3) is 0.750. The molecule has 6 heteroatoms. The molecular formula is C16H26N2O3S. The average molecular weight is 326 g/mol. The molecule has 0 saturated carbocycles. The number of nitrogens with one attached hydrogen (secondary N) is 1. The summed E-state index contributed by atoms with van der Waals surface area (Å²) in [5, 5.41) is 2.96. The van der Waals surface area contributed by atoms with Crippen molar-refractivity contribution < 1.29 is 9.53 Å². The van der Waals surface area contributed by atoms with Crippen LogP contribution in [0.4, 0.5) is 0 Å². The van der Waals surface area contributed by atoms with Gasteiger partial charge in [-0.1, -0.05) is 32.1 Å². The van der Waals surface area contributed by atoms with Gasteiger partial charge in [0.2, 0.25) is 5.91 Å². The van der Waals surface area contributed by atoms with Crippen LogP contribution in [0.25, 0.3) is 0 Å². The number of hydrogen-bond donors (Lipinski definition) is 1. The van der Waals surface area contributed by atoms with Crippen LogP contribution in [0.3, 0.4) is 0 Å². The maximum atomic E-state index is 12.1. The van der Waals surface area contributed by atoms with Crippen molar-refractivity contribution in [3.05, 3.63) is 20.2 Å². The van der Waals surface area contributed by atoms with Crippen LogP contribution >= 0.6 is 11.3 Å². The van der Waals surface area contributed by atoms with E-state index in [9.17, 15) is 9.59 Å². The fourth-order valence-electron chi connectivity index (χ4n) is 3.01. The van der Waals surface area contributed by atoms with E-state index in [1.54, 1.807) is 4.57 Å². The number of rotatable bonds is 4. The molecule has 0 radical (unpaired) electrons. The Morgan fingerprint density at radius 3 is 2.64 bits per heavy atom. The minimum atomic E-state index is -0.109. The number of thiazole rings is 1. The van der Waals surface area contributed by atoms with Gasteiger partial charge in [-0.2, -0.15) is 0 Å². The van der Waals surface area contributed by atoms with Gasteiger partial charge in [0.15, 0.2) is 0 Å². The maximum Gasteiger partial charge on any atom is 0.308 e. The zero-order valence-electron chi connectivity index (χ0n) is 14.1. The molecule has 0 unspecified atom stereocenters. The fourth-order valence-corrected chi connectivity index (χ4v) is 3.85. The van der Waals surface area contributed by atoms with E-state index in [2.05, 4.69) is 26.1 Å². The van der Waals surface area contributed by atoms with Crippen LogP contribution in [0.15, 0.2) is 4.79 Å². The number of amides is 1. The standard InChI is InChI=1S/C16H26N2O3S/c1-10-11(2)22-15(20)18(10)9-13(19)17-8-12-6-7-21-14(12)16(3,4)5/h12,14H,6-9H2,1-5H3,(H,17,19)/t12-,14+/m1/s1. The first-order valence-corrected chi connectivity index (χ1v) is 8.57. The molecule has 124 valence electrons. The molecule has 2 heterocycles. The first-order valence-electron chi connectivity index (χ1n) is 7.75. The van der Waals surface area contributed by atoms with Gasteiger partial charge in [0.05, 0.1) is 6.10 Å². The highest BCUT2D eigenvalue weighted by Crippen LogP contribution is 2.34. The van der Waals surface area contributed by atoms with Gasteiger partial charge in [-0.05, 0) is 25.7 Å². The lowest BCUT2D eigenvalue weighted by Gasteiger charge is -2.31. The van der Waals surface area contributed by atoms with E-state index in [4.69, 9.17) is 4.74 Å². The van der Waals surface area contributed by atoms with Gasteiger partial charge in [0, 0.05) is 29.6 Å². The van der Waals surface area contributed by atoms with Gasteiger partial charge >= 0.3 is 4.87 Å². The van der Waals surface area contributed by atoms with Crippen molar-refractivity contribution in [2.24, 2.45) is 11.3 Å². The number of aromatic nitrogens is 1. The van der Waals surface area contributed by atoms with Crippen molar-refractivity contribution in [3.8, 4) is 0 Å². The number of carbonyl (C=O) groups excluding carboxylic acids is 1. The Kier molecular flexibility index (Phi) is 5.12. The van der Waals surface area contributed by atoms with Crippen molar-refractivity contribution >= 4 is 17.2 Å². The van der Waals surface area contributed by atoms with Crippen LogP contribution in [0.1, 0.15) is 37.8 Å². The monoisotopic (exact) mass is 326 g/mol. The molecule has 1 fully saturated rings. The summed E-state index contributed by atoms with van der Waals surface area (Å²) < 4.78 is 7.36. The molecule has 1 amide bonds. The SMILES string of the molecule is Cc1sc(=O)n(CC(=O)NC[C@H]2CCO[C@@H]2C(C)(C)C)c1C. The topological polar surface area (TPSA) is 60.3 Å². The summed E-state index contributed by atoms with van der Waals surface area (Å²) in [6.07, 6.45) is 1.14. The molecule has 0 spiro atoms. The summed E-state index contributed by atoms with van der Waals surface area (Å²) in [7, 11) is 0. The molecule has 1 N–H and O–H groups in total. The van der Waals surface area contributed by atoms with Crippen molar-refractivity contribution in [2.75, 3.05) is 13.2 Å². The summed E-state index contributed by atoms with van der Waals surface area (Å²) >= 11 is 1.19. The molecule has 0 aromatic carbocycles. The lowest BCUT2D eigenvalue weighted by molar-refractivity contribution is -0.122. The van der Waals surface area contributed by atoms with Crippen LogP contribution < -0.4 is 10.2 Å². The molecular weight excluding hydrogens is 300 g/mol. The highest BCUT2D eigenvalue weighted by molar-refractivity contribution is 7.09. The molecule has 1 aliphatic heterocycles. The zero-order valence-corrected chi connectivity index (χ0v) is 14.9. The van der Waals surface area contributed by atoms with Gasteiger partial charge < -0.3 is 10.1 Å². The third-order valence-corrected chi connectivity index (χ3v) is 5.30. The summed E-state index contributed by atoms with van der Waals surface area (Å²) in [6.45, 7) is 11.7. The first-order chi connectivity index (χ1) is 10.2. The third-order valence-electron chi connectivity index (χ3n) is 4.31. The molecule has 1 aliphatic rings. The molecule has 5 nitrogen and oxygen atoms in total. The number of carbonyl (C=O) groups is 1. The molecule has 0 bridgehead atoms. The second-order valence-electron chi connectivity index (χ2n) is 7.11. The van der Waals surface area contributed by atoms with Crippen LogP contribution in [0.2, 0.25) is 0 Å². The Morgan fingerprint density at radius 1 is 1.41 bits per heavy atom. The normalized spacial score (nSPS) is 22.0. The first kappa shape index (κ1) is 17.2. The molecule has 1 aromatic heterocycles. The second-order valence-corrected chi connectivity index (χ2v) is 8.27. The van der Waals surface area contributed by atoms with E-state index >= 15 is 0 Å². The molecule has 1 aromatic rings. The highest BCUT2D eigenvalue weighted by atomic mass is 32.1. The summed E-state index contributed by atoms with van der Waals surface area (Å²) in [6, 6.07) is 0. The summed E-state index contributed by atoms with van der Waals surface area (Å²) in [5.41, 5.74) is 0.950. The van der Waals surface area contributed by atoms with Gasteiger partial charge in [-0.25, -0.2) is 0 Å². The summed E-state index contributed by atoms with van der Waals surface area (Å²) in [5.74, 6) is 0.230. The molecule has 2 atom stereocenters. The Morgan fingerprint density at radius 2 is 2.09 bits per heavy atom. The van der Waals surface area contributed by atoms with Crippen molar-refractivity contribution in [1.82, 2.24) is 9.88 Å². The van der Waals surface area contributed by atoms with Gasteiger partial charge in [0.1, 0.15) is 6.54 Å². The van der Waals surface area contributed by atoms with E-state index in [-0.39, 0.29) is 28.8 Å². The van der Waals surface area contributed by atoms with Crippen molar-refractivity contribution in [2.45, 2.75) is 53.7 Å². The van der Waals surface area contributed by atoms with Crippen LogP contribution in [0.5, 0.6) is 0 Å². The van der Waals surface area contributed by atoms with Crippen LogP contribution in [-0.4, -0.2) is 29.7 Å². The third kappa shape index (κ3) is 3.79. The Labute approximate surface area is 135 Å². The van der Waals surface area contributed by atoms with Gasteiger partial charge in [0.25, 0.3) is 0 Å². The van der Waals surface area contributed by atoms with E-state index in [1.807, 2.05) is 13.8 Å². The molecule has 1 saturated heterocycles. The van der Waals surface area contributed by atoms with Crippen molar-refractivity contribution in [1.29, 1.82) is 0 Å². The minimum Gasteiger partial charge on any atom is -0.377 e. The lowest BCUT2D eigenvalue weighted by atomic mass is 9.81. The number of ether oxygens (including phenoxy) is 1. The van der Waals surface area contributed by atoms with E-state index in [0.717, 1.165) is 23.6 Å². The Bertz CT molecular complexity index is 598. The predicted octanol–water partition coefficient (Wildman–Crippen LogP) is 2.09. The van der Waals surface area contributed by atoms with Gasteiger partial charge in [-0.3, -0.25) is 14.2 Å². The Hall–Kier alpha value is -1.14. The van der Waals surface area contributed by atoms with Crippen molar-refractivity contribution in [3.63, 3.8) is 0 Å². The quantitative estimate of drug-likeness (QED) is 0.922. The highest BCUT2D eigenvalue weighted by Gasteiger charge is 2.37. The molecule has 0 aliphatic carbocycles. The number of aryl methyl sites for hydroxylation is 1. The number of nitrogens with zero attached hydrogens (tertiary/aromatic N) is 1. The maximum absolute atomic E-state index is 12.1.